The molecule has 0 fully saturated rings. The van der Waals surface area contributed by atoms with Gasteiger partial charge in [-0.2, -0.15) is 0 Å². The number of nitrogens with one attached hydrogen (secondary N) is 3. The molecule has 3 aromatic rings. The van der Waals surface area contributed by atoms with E-state index < -0.39 is 29.5 Å². The number of rotatable bonds is 9. The molecule has 0 aliphatic carbocycles. The highest BCUT2D eigenvalue weighted by molar-refractivity contribution is 6.39. The normalized spacial score (nSPS) is 11.3. The van der Waals surface area contributed by atoms with Gasteiger partial charge in [-0.05, 0) is 24.3 Å². The van der Waals surface area contributed by atoms with Gasteiger partial charge in [0.2, 0.25) is 0 Å². The van der Waals surface area contributed by atoms with Crippen LogP contribution in [0.5, 0.6) is 11.5 Å². The molecular weight excluding hydrogens is 515 g/mol. The SMILES string of the molecule is COc1cccc(OC)c1C(=O)Nc1[nH]c(=O)ncc1CC(NC(=O)c1c(Cl)cccc1Cl)C(=O)O. The summed E-state index contributed by atoms with van der Waals surface area (Å²) in [5.41, 5.74) is -0.722. The highest BCUT2D eigenvalue weighted by Gasteiger charge is 2.26. The van der Waals surface area contributed by atoms with Gasteiger partial charge in [0.25, 0.3) is 11.8 Å². The molecule has 188 valence electrons. The fourth-order valence-electron chi connectivity index (χ4n) is 3.30. The average Bonchev–Trinajstić information content (AvgIpc) is 2.84. The van der Waals surface area contributed by atoms with Crippen LogP contribution >= 0.6 is 23.2 Å². The molecule has 13 heteroatoms. The minimum absolute atomic E-state index is 0.0357. The number of amides is 2. The Hall–Kier alpha value is -4.09. The number of halogens is 2. The number of hydrogen-bond donors (Lipinski definition) is 4. The molecule has 3 rings (SSSR count). The summed E-state index contributed by atoms with van der Waals surface area (Å²) < 4.78 is 10.5. The van der Waals surface area contributed by atoms with Crippen LogP contribution in [-0.4, -0.2) is 53.1 Å². The zero-order valence-electron chi connectivity index (χ0n) is 18.9. The summed E-state index contributed by atoms with van der Waals surface area (Å²) in [6.45, 7) is 0. The molecule has 0 aliphatic rings. The van der Waals surface area contributed by atoms with Crippen molar-refractivity contribution in [2.24, 2.45) is 0 Å². The van der Waals surface area contributed by atoms with E-state index in [0.717, 1.165) is 6.20 Å². The summed E-state index contributed by atoms with van der Waals surface area (Å²) in [4.78, 5) is 55.6. The first-order valence-electron chi connectivity index (χ1n) is 10.2. The number of carbonyl (C=O) groups is 3. The van der Waals surface area contributed by atoms with Crippen molar-refractivity contribution in [1.29, 1.82) is 0 Å². The fourth-order valence-corrected chi connectivity index (χ4v) is 3.87. The van der Waals surface area contributed by atoms with E-state index >= 15 is 0 Å². The Bertz CT molecular complexity index is 1330. The number of benzene rings is 2. The number of carboxylic acid groups (broad SMARTS) is 1. The molecule has 0 saturated carbocycles. The van der Waals surface area contributed by atoms with Crippen molar-refractivity contribution in [1.82, 2.24) is 15.3 Å². The smallest absolute Gasteiger partial charge is 0.346 e. The maximum absolute atomic E-state index is 13.1. The fraction of sp³-hybridized carbons (Fsp3) is 0.174. The first kappa shape index (κ1) is 26.5. The van der Waals surface area contributed by atoms with E-state index in [4.69, 9.17) is 32.7 Å². The molecule has 4 N–H and O–H groups in total. The second-order valence-electron chi connectivity index (χ2n) is 7.25. The molecule has 0 aliphatic heterocycles. The maximum Gasteiger partial charge on any atom is 0.346 e. The lowest BCUT2D eigenvalue weighted by molar-refractivity contribution is -0.139. The van der Waals surface area contributed by atoms with Gasteiger partial charge in [0, 0.05) is 18.2 Å². The minimum atomic E-state index is -1.49. The van der Waals surface area contributed by atoms with Gasteiger partial charge in [-0.1, -0.05) is 35.3 Å². The molecule has 0 radical (unpaired) electrons. The third kappa shape index (κ3) is 5.93. The molecule has 2 aromatic carbocycles. The molecule has 1 aromatic heterocycles. The van der Waals surface area contributed by atoms with Gasteiger partial charge in [-0.3, -0.25) is 14.6 Å². The zero-order valence-corrected chi connectivity index (χ0v) is 20.4. The van der Waals surface area contributed by atoms with Crippen molar-refractivity contribution in [3.63, 3.8) is 0 Å². The summed E-state index contributed by atoms with van der Waals surface area (Å²) in [5, 5.41) is 14.7. The number of aromatic nitrogens is 2. The van der Waals surface area contributed by atoms with Crippen molar-refractivity contribution in [3.8, 4) is 11.5 Å². The Morgan fingerprint density at radius 3 is 2.14 bits per heavy atom. The number of aliphatic carboxylic acids is 1. The van der Waals surface area contributed by atoms with E-state index in [9.17, 15) is 24.3 Å². The summed E-state index contributed by atoms with van der Waals surface area (Å²) in [6, 6.07) is 7.63. The van der Waals surface area contributed by atoms with Gasteiger partial charge in [0.15, 0.2) is 0 Å². The summed E-state index contributed by atoms with van der Waals surface area (Å²) in [5.74, 6) is -2.62. The number of ether oxygens (including phenoxy) is 2. The van der Waals surface area contributed by atoms with E-state index in [1.165, 1.54) is 32.4 Å². The molecule has 0 saturated heterocycles. The van der Waals surface area contributed by atoms with E-state index in [0.29, 0.717) is 0 Å². The third-order valence-electron chi connectivity index (χ3n) is 5.00. The molecular formula is C23H20Cl2N4O7. The van der Waals surface area contributed by atoms with Crippen LogP contribution in [0.2, 0.25) is 10.0 Å². The Morgan fingerprint density at radius 2 is 1.58 bits per heavy atom. The predicted octanol–water partition coefficient (Wildman–Crippen LogP) is 2.77. The van der Waals surface area contributed by atoms with Gasteiger partial charge < -0.3 is 25.2 Å². The number of carboxylic acids is 1. The second-order valence-corrected chi connectivity index (χ2v) is 8.06. The zero-order chi connectivity index (χ0) is 26.4. The highest BCUT2D eigenvalue weighted by Crippen LogP contribution is 2.29. The molecule has 1 atom stereocenters. The first-order chi connectivity index (χ1) is 17.2. The number of methoxy groups -OCH3 is 2. The average molecular weight is 535 g/mol. The van der Waals surface area contributed by atoms with Crippen LogP contribution in [0.15, 0.2) is 47.4 Å². The largest absolute Gasteiger partial charge is 0.496 e. The van der Waals surface area contributed by atoms with Gasteiger partial charge in [0.1, 0.15) is 28.9 Å². The van der Waals surface area contributed by atoms with Gasteiger partial charge in [-0.25, -0.2) is 14.6 Å². The van der Waals surface area contributed by atoms with Crippen LogP contribution in [0.3, 0.4) is 0 Å². The van der Waals surface area contributed by atoms with Crippen molar-refractivity contribution >= 4 is 46.8 Å². The Balaban J connectivity index is 1.91. The maximum atomic E-state index is 13.1. The van der Waals surface area contributed by atoms with Crippen LogP contribution in [0.4, 0.5) is 5.82 Å². The molecule has 36 heavy (non-hydrogen) atoms. The molecule has 1 unspecified atom stereocenters. The van der Waals surface area contributed by atoms with Crippen LogP contribution in [0.25, 0.3) is 0 Å². The summed E-state index contributed by atoms with van der Waals surface area (Å²) >= 11 is 12.1. The molecule has 1 heterocycles. The van der Waals surface area contributed by atoms with E-state index in [-0.39, 0.29) is 50.5 Å². The molecule has 0 bridgehead atoms. The molecule has 2 amide bonds. The van der Waals surface area contributed by atoms with E-state index in [1.807, 2.05) is 0 Å². The van der Waals surface area contributed by atoms with Crippen LogP contribution in [-0.2, 0) is 11.2 Å². The molecule has 11 nitrogen and oxygen atoms in total. The number of anilines is 1. The van der Waals surface area contributed by atoms with E-state index in [1.54, 1.807) is 18.2 Å². The molecule has 0 spiro atoms. The summed E-state index contributed by atoms with van der Waals surface area (Å²) in [7, 11) is 2.74. The number of H-pyrrole nitrogens is 1. The van der Waals surface area contributed by atoms with Crippen molar-refractivity contribution in [2.75, 3.05) is 19.5 Å². The quantitative estimate of drug-likeness (QED) is 0.326. The van der Waals surface area contributed by atoms with Gasteiger partial charge in [-0.15, -0.1) is 0 Å². The lowest BCUT2D eigenvalue weighted by atomic mass is 10.1. The highest BCUT2D eigenvalue weighted by atomic mass is 35.5. The number of hydrogen-bond acceptors (Lipinski definition) is 7. The standard InChI is InChI=1S/C23H20Cl2N4O7/c1-35-15-7-4-8-16(36-2)18(15)21(31)28-19-11(10-26-23(34)29-19)9-14(22(32)33)27-20(30)17-12(24)5-3-6-13(17)25/h3-8,10,14H,9H2,1-2H3,(H,27,30)(H,32,33)(H2,26,28,29,31,34). The van der Waals surface area contributed by atoms with Gasteiger partial charge in [0.05, 0.1) is 29.8 Å². The lowest BCUT2D eigenvalue weighted by Gasteiger charge is -2.18. The minimum Gasteiger partial charge on any atom is -0.496 e. The Kier molecular flexibility index (Phi) is 8.51. The Morgan fingerprint density at radius 1 is 1.00 bits per heavy atom. The van der Waals surface area contributed by atoms with E-state index in [2.05, 4.69) is 20.6 Å². The van der Waals surface area contributed by atoms with Crippen LogP contribution < -0.4 is 25.8 Å². The van der Waals surface area contributed by atoms with Crippen molar-refractivity contribution in [2.45, 2.75) is 12.5 Å². The second kappa shape index (κ2) is 11.6. The number of nitrogens with zero attached hydrogens (tertiary/aromatic N) is 1. The Labute approximate surface area is 214 Å². The third-order valence-corrected chi connectivity index (χ3v) is 5.63. The van der Waals surface area contributed by atoms with Crippen molar-refractivity contribution < 1.29 is 29.0 Å². The summed E-state index contributed by atoms with van der Waals surface area (Å²) in [6.07, 6.45) is 0.740. The van der Waals surface area contributed by atoms with Gasteiger partial charge >= 0.3 is 11.7 Å². The number of aromatic amines is 1. The monoisotopic (exact) mass is 534 g/mol. The first-order valence-corrected chi connectivity index (χ1v) is 11.0. The van der Waals surface area contributed by atoms with Crippen molar-refractivity contribution in [3.05, 3.63) is 79.8 Å². The van der Waals surface area contributed by atoms with Crippen LogP contribution in [0, 0.1) is 0 Å². The lowest BCUT2D eigenvalue weighted by Crippen LogP contribution is -2.43. The predicted molar refractivity (Wildman–Crippen MR) is 131 cm³/mol. The topological polar surface area (TPSA) is 160 Å². The van der Waals surface area contributed by atoms with Crippen LogP contribution in [0.1, 0.15) is 26.3 Å². The number of carbonyl (C=O) groups excluding carboxylic acids is 2.